The van der Waals surface area contributed by atoms with Crippen LogP contribution in [-0.4, -0.2) is 48.5 Å². The Kier molecular flexibility index (Phi) is 5.36. The number of imide groups is 1. The zero-order valence-corrected chi connectivity index (χ0v) is 17.6. The second-order valence-corrected chi connectivity index (χ2v) is 8.94. The Morgan fingerprint density at radius 3 is 2.45 bits per heavy atom. The van der Waals surface area contributed by atoms with Gasteiger partial charge in [0.15, 0.2) is 13.2 Å². The topological polar surface area (TPSA) is 82.9 Å². The molecular formula is C22H29N4O3+. The summed E-state index contributed by atoms with van der Waals surface area (Å²) >= 11 is 0. The molecule has 1 aliphatic heterocycles. The fourth-order valence-corrected chi connectivity index (χ4v) is 3.60. The van der Waals surface area contributed by atoms with E-state index in [4.69, 9.17) is 0 Å². The maximum Gasteiger partial charge on any atom is 0.329 e. The quantitative estimate of drug-likeness (QED) is 0.658. The first-order valence-electron chi connectivity index (χ1n) is 9.75. The molecule has 1 saturated heterocycles. The SMILES string of the molecule is C[NH+](CC(=O)NC(C)(C)C)CN1C(=O)N[C@@](C)(c2ccc3ccccc3c2)C1=O. The van der Waals surface area contributed by atoms with Crippen molar-refractivity contribution in [1.82, 2.24) is 15.5 Å². The normalized spacial score (nSPS) is 20.7. The number of nitrogens with one attached hydrogen (secondary N) is 3. The number of hydrogen-bond acceptors (Lipinski definition) is 3. The van der Waals surface area contributed by atoms with Crippen molar-refractivity contribution in [3.8, 4) is 0 Å². The van der Waals surface area contributed by atoms with Gasteiger partial charge in [0, 0.05) is 5.54 Å². The maximum absolute atomic E-state index is 13.2. The van der Waals surface area contributed by atoms with Crippen molar-refractivity contribution in [3.63, 3.8) is 0 Å². The summed E-state index contributed by atoms with van der Waals surface area (Å²) in [4.78, 5) is 39.8. The predicted octanol–water partition coefficient (Wildman–Crippen LogP) is 0.994. The Balaban J connectivity index is 1.75. The first-order chi connectivity index (χ1) is 13.5. The molecule has 3 N–H and O–H groups in total. The average Bonchev–Trinajstić information content (AvgIpc) is 2.83. The number of urea groups is 1. The maximum atomic E-state index is 13.2. The number of carbonyl (C=O) groups is 3. The number of amides is 4. The Morgan fingerprint density at radius 2 is 1.79 bits per heavy atom. The molecule has 2 atom stereocenters. The minimum Gasteiger partial charge on any atom is -0.347 e. The molecule has 7 nitrogen and oxygen atoms in total. The van der Waals surface area contributed by atoms with E-state index >= 15 is 0 Å². The summed E-state index contributed by atoms with van der Waals surface area (Å²) in [6.07, 6.45) is 0. The fraction of sp³-hybridized carbons (Fsp3) is 0.409. The molecule has 29 heavy (non-hydrogen) atoms. The van der Waals surface area contributed by atoms with Crippen molar-refractivity contribution in [2.24, 2.45) is 0 Å². The number of carbonyl (C=O) groups excluding carboxylic acids is 3. The summed E-state index contributed by atoms with van der Waals surface area (Å²) in [5.74, 6) is -0.437. The Hall–Kier alpha value is -2.93. The number of nitrogens with zero attached hydrogens (tertiary/aromatic N) is 1. The van der Waals surface area contributed by atoms with Crippen LogP contribution in [0.15, 0.2) is 42.5 Å². The van der Waals surface area contributed by atoms with Gasteiger partial charge in [0.25, 0.3) is 11.8 Å². The molecule has 154 valence electrons. The molecule has 0 aliphatic carbocycles. The molecule has 0 saturated carbocycles. The van der Waals surface area contributed by atoms with Crippen LogP contribution in [0.25, 0.3) is 10.8 Å². The summed E-state index contributed by atoms with van der Waals surface area (Å²) in [6, 6.07) is 13.2. The minimum atomic E-state index is -1.13. The minimum absolute atomic E-state index is 0.116. The average molecular weight is 397 g/mol. The van der Waals surface area contributed by atoms with E-state index in [1.54, 1.807) is 14.0 Å². The van der Waals surface area contributed by atoms with Crippen molar-refractivity contribution in [3.05, 3.63) is 48.0 Å². The fourth-order valence-electron chi connectivity index (χ4n) is 3.60. The second kappa shape index (κ2) is 7.48. The van der Waals surface area contributed by atoms with Crippen molar-refractivity contribution < 1.29 is 19.3 Å². The monoisotopic (exact) mass is 397 g/mol. The Morgan fingerprint density at radius 1 is 1.14 bits per heavy atom. The number of quaternary nitrogens is 1. The van der Waals surface area contributed by atoms with Crippen LogP contribution in [-0.2, 0) is 15.1 Å². The van der Waals surface area contributed by atoms with Gasteiger partial charge in [-0.05, 0) is 50.1 Å². The van der Waals surface area contributed by atoms with Crippen LogP contribution in [0.3, 0.4) is 0 Å². The van der Waals surface area contributed by atoms with Crippen LogP contribution in [0, 0.1) is 0 Å². The number of hydrogen-bond donors (Lipinski definition) is 3. The lowest BCUT2D eigenvalue weighted by Crippen LogP contribution is -3.12. The van der Waals surface area contributed by atoms with Gasteiger partial charge in [-0.2, -0.15) is 0 Å². The second-order valence-electron chi connectivity index (χ2n) is 8.94. The van der Waals surface area contributed by atoms with Gasteiger partial charge < -0.3 is 15.5 Å². The lowest BCUT2D eigenvalue weighted by molar-refractivity contribution is -0.879. The number of fused-ring (bicyclic) bond motifs is 1. The number of benzene rings is 2. The third-order valence-corrected chi connectivity index (χ3v) is 5.01. The van der Waals surface area contributed by atoms with Crippen molar-refractivity contribution >= 4 is 28.6 Å². The summed E-state index contributed by atoms with van der Waals surface area (Å²) in [5, 5.41) is 7.80. The van der Waals surface area contributed by atoms with E-state index in [1.165, 1.54) is 4.90 Å². The highest BCUT2D eigenvalue weighted by Crippen LogP contribution is 2.30. The largest absolute Gasteiger partial charge is 0.347 e. The molecular weight excluding hydrogens is 368 g/mol. The van der Waals surface area contributed by atoms with Crippen LogP contribution in [0.1, 0.15) is 33.3 Å². The van der Waals surface area contributed by atoms with E-state index in [9.17, 15) is 14.4 Å². The summed E-state index contributed by atoms with van der Waals surface area (Å²) in [5.41, 5.74) is -0.720. The van der Waals surface area contributed by atoms with E-state index in [0.29, 0.717) is 0 Å². The molecule has 2 aromatic carbocycles. The smallest absolute Gasteiger partial charge is 0.329 e. The summed E-state index contributed by atoms with van der Waals surface area (Å²) < 4.78 is 0. The van der Waals surface area contributed by atoms with E-state index in [1.807, 2.05) is 63.2 Å². The highest BCUT2D eigenvalue weighted by atomic mass is 16.2. The van der Waals surface area contributed by atoms with Gasteiger partial charge in [-0.1, -0.05) is 36.4 Å². The molecule has 1 heterocycles. The summed E-state index contributed by atoms with van der Waals surface area (Å²) in [7, 11) is 1.79. The molecule has 1 fully saturated rings. The van der Waals surface area contributed by atoms with Gasteiger partial charge in [-0.15, -0.1) is 0 Å². The Bertz CT molecular complexity index is 966. The zero-order valence-electron chi connectivity index (χ0n) is 17.6. The van der Waals surface area contributed by atoms with Crippen LogP contribution >= 0.6 is 0 Å². The molecule has 2 aromatic rings. The number of likely N-dealkylation sites (N-methyl/N-ethyl adjacent to an activating group) is 1. The van der Waals surface area contributed by atoms with Gasteiger partial charge in [0.2, 0.25) is 0 Å². The van der Waals surface area contributed by atoms with E-state index in [2.05, 4.69) is 10.6 Å². The molecule has 0 spiro atoms. The number of rotatable bonds is 5. The van der Waals surface area contributed by atoms with Gasteiger partial charge in [-0.25, -0.2) is 9.69 Å². The zero-order chi connectivity index (χ0) is 21.4. The lowest BCUT2D eigenvalue weighted by atomic mass is 9.90. The van der Waals surface area contributed by atoms with E-state index < -0.39 is 11.6 Å². The van der Waals surface area contributed by atoms with E-state index in [-0.39, 0.29) is 30.6 Å². The third kappa shape index (κ3) is 4.40. The van der Waals surface area contributed by atoms with Crippen molar-refractivity contribution in [2.45, 2.75) is 38.8 Å². The van der Waals surface area contributed by atoms with Gasteiger partial charge in [-0.3, -0.25) is 9.59 Å². The van der Waals surface area contributed by atoms with Crippen LogP contribution in [0.5, 0.6) is 0 Å². The van der Waals surface area contributed by atoms with Crippen molar-refractivity contribution in [1.29, 1.82) is 0 Å². The molecule has 0 aromatic heterocycles. The highest BCUT2D eigenvalue weighted by Gasteiger charge is 2.50. The molecule has 0 bridgehead atoms. The van der Waals surface area contributed by atoms with Crippen molar-refractivity contribution in [2.75, 3.05) is 20.3 Å². The molecule has 1 aliphatic rings. The predicted molar refractivity (Wildman–Crippen MR) is 111 cm³/mol. The van der Waals surface area contributed by atoms with Crippen LogP contribution < -0.4 is 15.5 Å². The molecule has 1 unspecified atom stereocenters. The van der Waals surface area contributed by atoms with Gasteiger partial charge in [0.05, 0.1) is 7.05 Å². The molecule has 3 rings (SSSR count). The third-order valence-electron chi connectivity index (χ3n) is 5.01. The standard InChI is InChI=1S/C22H28N4O3/c1-21(2,3)23-18(27)13-25(5)14-26-19(28)22(4,24-20(26)29)17-11-10-15-8-6-7-9-16(15)12-17/h6-12H,13-14H2,1-5H3,(H,23,27)(H,24,29)/p+1/t22-/m0/s1. The molecule has 7 heteroatoms. The summed E-state index contributed by atoms with van der Waals surface area (Å²) in [6.45, 7) is 7.73. The van der Waals surface area contributed by atoms with Gasteiger partial charge in [0.1, 0.15) is 5.54 Å². The van der Waals surface area contributed by atoms with E-state index in [0.717, 1.165) is 21.2 Å². The molecule has 4 amide bonds. The first-order valence-corrected chi connectivity index (χ1v) is 9.75. The van der Waals surface area contributed by atoms with Gasteiger partial charge >= 0.3 is 6.03 Å². The van der Waals surface area contributed by atoms with Crippen LogP contribution in [0.2, 0.25) is 0 Å². The highest BCUT2D eigenvalue weighted by molar-refractivity contribution is 6.07. The lowest BCUT2D eigenvalue weighted by Gasteiger charge is -2.24. The Labute approximate surface area is 171 Å². The van der Waals surface area contributed by atoms with Crippen LogP contribution in [0.4, 0.5) is 4.79 Å². The molecule has 0 radical (unpaired) electrons. The first kappa shape index (κ1) is 20.8.